The number of nitrogens with zero attached hydrogens (tertiary/aromatic N) is 3. The molecule has 0 amide bonds. The maximum Gasteiger partial charge on any atom is 0.225 e. The molecule has 5 heteroatoms. The molecule has 2 N–H and O–H groups in total. The Labute approximate surface area is 148 Å². The van der Waals surface area contributed by atoms with Crippen molar-refractivity contribution in [3.05, 3.63) is 71.2 Å². The molecule has 1 aromatic carbocycles. The van der Waals surface area contributed by atoms with Crippen molar-refractivity contribution in [3.8, 4) is 0 Å². The quantitative estimate of drug-likeness (QED) is 0.700. The molecular weight excluding hydrogens is 310 g/mol. The Bertz CT molecular complexity index is 846. The first kappa shape index (κ1) is 16.9. The Morgan fingerprint density at radius 3 is 2.68 bits per heavy atom. The minimum atomic E-state index is 0.609. The van der Waals surface area contributed by atoms with Crippen LogP contribution in [-0.2, 0) is 13.0 Å². The van der Waals surface area contributed by atoms with Crippen LogP contribution >= 0.6 is 0 Å². The zero-order valence-electron chi connectivity index (χ0n) is 14.9. The smallest absolute Gasteiger partial charge is 0.225 e. The minimum absolute atomic E-state index is 0.609. The standard InChI is InChI=1S/C20H23N5/c1-4-17-9-5-7-14(2)19(17)24-18-11-15(3)23-20(25-18)22-13-16-8-6-10-21-12-16/h5-12H,4,13H2,1-3H3,(H2,22,23,24,25). The Morgan fingerprint density at radius 1 is 1.04 bits per heavy atom. The zero-order valence-corrected chi connectivity index (χ0v) is 14.9. The number of nitrogens with one attached hydrogen (secondary N) is 2. The lowest BCUT2D eigenvalue weighted by Gasteiger charge is -2.15. The molecule has 0 bridgehead atoms. The van der Waals surface area contributed by atoms with Crippen molar-refractivity contribution in [3.63, 3.8) is 0 Å². The topological polar surface area (TPSA) is 62.7 Å². The van der Waals surface area contributed by atoms with E-state index in [1.165, 1.54) is 11.1 Å². The Morgan fingerprint density at radius 2 is 1.92 bits per heavy atom. The van der Waals surface area contributed by atoms with Gasteiger partial charge in [0.05, 0.1) is 0 Å². The summed E-state index contributed by atoms with van der Waals surface area (Å²) in [5.74, 6) is 1.41. The summed E-state index contributed by atoms with van der Waals surface area (Å²) in [5.41, 5.74) is 5.62. The molecule has 0 unspecified atom stereocenters. The van der Waals surface area contributed by atoms with Gasteiger partial charge in [0.1, 0.15) is 5.82 Å². The van der Waals surface area contributed by atoms with Crippen molar-refractivity contribution in [2.45, 2.75) is 33.7 Å². The molecule has 0 aliphatic carbocycles. The van der Waals surface area contributed by atoms with Gasteiger partial charge in [0.2, 0.25) is 5.95 Å². The fraction of sp³-hybridized carbons (Fsp3) is 0.250. The molecule has 3 aromatic rings. The van der Waals surface area contributed by atoms with E-state index in [1.807, 2.05) is 31.3 Å². The number of anilines is 3. The molecule has 3 rings (SSSR count). The van der Waals surface area contributed by atoms with E-state index in [1.54, 1.807) is 6.20 Å². The fourth-order valence-electron chi connectivity index (χ4n) is 2.73. The highest BCUT2D eigenvalue weighted by molar-refractivity contribution is 5.65. The van der Waals surface area contributed by atoms with Gasteiger partial charge in [-0.1, -0.05) is 31.2 Å². The molecule has 0 atom stereocenters. The van der Waals surface area contributed by atoms with E-state index in [0.29, 0.717) is 12.5 Å². The van der Waals surface area contributed by atoms with E-state index < -0.39 is 0 Å². The van der Waals surface area contributed by atoms with Gasteiger partial charge in [-0.05, 0) is 43.0 Å². The maximum atomic E-state index is 4.61. The van der Waals surface area contributed by atoms with Crippen LogP contribution < -0.4 is 10.6 Å². The molecule has 0 saturated heterocycles. The van der Waals surface area contributed by atoms with Gasteiger partial charge in [-0.3, -0.25) is 4.98 Å². The molecule has 0 saturated carbocycles. The van der Waals surface area contributed by atoms with Crippen LogP contribution in [0.25, 0.3) is 0 Å². The summed E-state index contributed by atoms with van der Waals surface area (Å²) < 4.78 is 0. The number of aryl methyl sites for hydroxylation is 3. The van der Waals surface area contributed by atoms with Crippen molar-refractivity contribution >= 4 is 17.5 Å². The molecule has 128 valence electrons. The molecule has 0 aliphatic rings. The van der Waals surface area contributed by atoms with Crippen LogP contribution in [0.2, 0.25) is 0 Å². The summed E-state index contributed by atoms with van der Waals surface area (Å²) in [6, 6.07) is 12.2. The van der Waals surface area contributed by atoms with Gasteiger partial charge < -0.3 is 10.6 Å². The lowest BCUT2D eigenvalue weighted by molar-refractivity contribution is 1.02. The fourth-order valence-corrected chi connectivity index (χ4v) is 2.73. The Kier molecular flexibility index (Phi) is 5.23. The third-order valence-corrected chi connectivity index (χ3v) is 4.02. The summed E-state index contributed by atoms with van der Waals surface area (Å²) in [7, 11) is 0. The number of hydrogen-bond donors (Lipinski definition) is 2. The van der Waals surface area contributed by atoms with Gasteiger partial charge in [0.25, 0.3) is 0 Å². The highest BCUT2D eigenvalue weighted by Gasteiger charge is 2.08. The second-order valence-electron chi connectivity index (χ2n) is 6.02. The highest BCUT2D eigenvalue weighted by atomic mass is 15.1. The highest BCUT2D eigenvalue weighted by Crippen LogP contribution is 2.25. The monoisotopic (exact) mass is 333 g/mol. The number of rotatable bonds is 6. The molecule has 0 aliphatic heterocycles. The number of aromatic nitrogens is 3. The third kappa shape index (κ3) is 4.32. The summed E-state index contributed by atoms with van der Waals surface area (Å²) in [5, 5.41) is 6.74. The van der Waals surface area contributed by atoms with Gasteiger partial charge in [-0.25, -0.2) is 4.98 Å². The van der Waals surface area contributed by atoms with Crippen LogP contribution in [0.15, 0.2) is 48.8 Å². The van der Waals surface area contributed by atoms with Gasteiger partial charge >= 0.3 is 0 Å². The van der Waals surface area contributed by atoms with Gasteiger partial charge in [0.15, 0.2) is 0 Å². The second kappa shape index (κ2) is 7.75. The molecule has 2 heterocycles. The van der Waals surface area contributed by atoms with Crippen molar-refractivity contribution in [2.24, 2.45) is 0 Å². The number of para-hydroxylation sites is 1. The van der Waals surface area contributed by atoms with Crippen LogP contribution in [0.1, 0.15) is 29.3 Å². The molecule has 0 spiro atoms. The van der Waals surface area contributed by atoms with Crippen molar-refractivity contribution in [1.29, 1.82) is 0 Å². The molecule has 2 aromatic heterocycles. The van der Waals surface area contributed by atoms with Crippen LogP contribution in [0, 0.1) is 13.8 Å². The van der Waals surface area contributed by atoms with Gasteiger partial charge in [0, 0.05) is 36.4 Å². The number of benzene rings is 1. The van der Waals surface area contributed by atoms with Crippen molar-refractivity contribution in [2.75, 3.05) is 10.6 Å². The van der Waals surface area contributed by atoms with E-state index in [4.69, 9.17) is 0 Å². The average molecular weight is 333 g/mol. The van der Waals surface area contributed by atoms with Crippen molar-refractivity contribution in [1.82, 2.24) is 15.0 Å². The van der Waals surface area contributed by atoms with E-state index in [-0.39, 0.29) is 0 Å². The Balaban J connectivity index is 1.80. The van der Waals surface area contributed by atoms with Crippen molar-refractivity contribution < 1.29 is 0 Å². The third-order valence-electron chi connectivity index (χ3n) is 4.02. The molecular formula is C20H23N5. The summed E-state index contributed by atoms with van der Waals surface area (Å²) >= 11 is 0. The number of hydrogen-bond acceptors (Lipinski definition) is 5. The van der Waals surface area contributed by atoms with Crippen LogP contribution in [0.5, 0.6) is 0 Å². The average Bonchev–Trinajstić information content (AvgIpc) is 2.62. The van der Waals surface area contributed by atoms with Gasteiger partial charge in [-0.2, -0.15) is 4.98 Å². The Hall–Kier alpha value is -2.95. The van der Waals surface area contributed by atoms with Gasteiger partial charge in [-0.15, -0.1) is 0 Å². The predicted octanol–water partition coefficient (Wildman–Crippen LogP) is 4.41. The van der Waals surface area contributed by atoms with Crippen LogP contribution in [-0.4, -0.2) is 15.0 Å². The minimum Gasteiger partial charge on any atom is -0.350 e. The predicted molar refractivity (Wildman–Crippen MR) is 102 cm³/mol. The second-order valence-corrected chi connectivity index (χ2v) is 6.02. The normalized spacial score (nSPS) is 10.5. The maximum absolute atomic E-state index is 4.61. The van der Waals surface area contributed by atoms with Crippen LogP contribution in [0.4, 0.5) is 17.5 Å². The molecule has 0 fully saturated rings. The lowest BCUT2D eigenvalue weighted by Crippen LogP contribution is -2.07. The molecule has 25 heavy (non-hydrogen) atoms. The largest absolute Gasteiger partial charge is 0.350 e. The van der Waals surface area contributed by atoms with E-state index in [2.05, 4.69) is 57.6 Å². The SMILES string of the molecule is CCc1cccc(C)c1Nc1cc(C)nc(NCc2cccnc2)n1. The lowest BCUT2D eigenvalue weighted by atomic mass is 10.1. The first-order chi connectivity index (χ1) is 12.2. The summed E-state index contributed by atoms with van der Waals surface area (Å²) in [6.07, 6.45) is 4.57. The molecule has 5 nitrogen and oxygen atoms in total. The van der Waals surface area contributed by atoms with E-state index >= 15 is 0 Å². The summed E-state index contributed by atoms with van der Waals surface area (Å²) in [6.45, 7) is 6.88. The van der Waals surface area contributed by atoms with Crippen LogP contribution in [0.3, 0.4) is 0 Å². The molecule has 0 radical (unpaired) electrons. The first-order valence-corrected chi connectivity index (χ1v) is 8.49. The number of pyridine rings is 1. The van der Waals surface area contributed by atoms with E-state index in [9.17, 15) is 0 Å². The first-order valence-electron chi connectivity index (χ1n) is 8.49. The summed E-state index contributed by atoms with van der Waals surface area (Å²) in [4.78, 5) is 13.2. The zero-order chi connectivity index (χ0) is 17.6. The van der Waals surface area contributed by atoms with E-state index in [0.717, 1.165) is 29.2 Å².